The molecule has 1 amide bonds. The first-order valence-electron chi connectivity index (χ1n) is 12.2. The average molecular weight is 687 g/mol. The van der Waals surface area contributed by atoms with Crippen LogP contribution in [-0.4, -0.2) is 57.9 Å². The molecule has 1 unspecified atom stereocenters. The molecule has 206 valence electrons. The second kappa shape index (κ2) is 18.7. The van der Waals surface area contributed by atoms with E-state index >= 15 is 0 Å². The Morgan fingerprint density at radius 1 is 1.32 bits per heavy atom. The van der Waals surface area contributed by atoms with Gasteiger partial charge in [-0.25, -0.2) is 0 Å². The zero-order valence-electron chi connectivity index (χ0n) is 23.1. The smallest absolute Gasteiger partial charge is 0.273 e. The van der Waals surface area contributed by atoms with Gasteiger partial charge in [-0.1, -0.05) is 40.7 Å². The molecule has 0 aliphatic carbocycles. The molecule has 2 aromatic rings. The number of aliphatic hydroxyl groups is 1. The molecule has 0 radical (unpaired) electrons. The minimum Gasteiger partial charge on any atom is -0.471 e. The van der Waals surface area contributed by atoms with Crippen LogP contribution in [0.2, 0.25) is 0 Å². The Morgan fingerprint density at radius 2 is 2.00 bits per heavy atom. The molecule has 0 fully saturated rings. The summed E-state index contributed by atoms with van der Waals surface area (Å²) in [6, 6.07) is 3.55. The number of hydrogen-bond donors (Lipinski definition) is 3. The summed E-state index contributed by atoms with van der Waals surface area (Å²) in [6.45, 7) is 12.4. The number of ether oxygens (including phenoxy) is 2. The van der Waals surface area contributed by atoms with Gasteiger partial charge in [-0.15, -0.1) is 5.10 Å². The number of hydrogen-bond acceptors (Lipinski definition) is 8. The van der Waals surface area contributed by atoms with Gasteiger partial charge in [0.15, 0.2) is 0 Å². The van der Waals surface area contributed by atoms with Crippen molar-refractivity contribution in [1.29, 1.82) is 0 Å². The molecule has 2 heterocycles. The largest absolute Gasteiger partial charge is 0.471 e. The number of amides is 1. The van der Waals surface area contributed by atoms with Crippen molar-refractivity contribution in [2.45, 2.75) is 65.6 Å². The summed E-state index contributed by atoms with van der Waals surface area (Å²) in [4.78, 5) is 12.6. The average Bonchev–Trinajstić information content (AvgIpc) is 3.21. The summed E-state index contributed by atoms with van der Waals surface area (Å²) in [5.74, 6) is 0.339. The van der Waals surface area contributed by atoms with Crippen LogP contribution >= 0.6 is 0 Å². The van der Waals surface area contributed by atoms with Crippen LogP contribution in [-0.2, 0) is 39.5 Å². The number of nitrogens with one attached hydrogen (secondary N) is 2. The summed E-state index contributed by atoms with van der Waals surface area (Å²) in [5.41, 5.74) is 3.27. The fraction of sp³-hybridized carbons (Fsp3) is 0.538. The number of rotatable bonds is 13. The van der Waals surface area contributed by atoms with E-state index in [4.69, 9.17) is 9.47 Å². The van der Waals surface area contributed by atoms with E-state index < -0.39 is 6.10 Å². The fourth-order valence-corrected chi connectivity index (χ4v) is 3.20. The van der Waals surface area contributed by atoms with Crippen LogP contribution in [0.1, 0.15) is 74.6 Å². The third-order valence-electron chi connectivity index (χ3n) is 4.95. The van der Waals surface area contributed by atoms with Gasteiger partial charge in [-0.3, -0.25) is 9.48 Å². The number of carbonyl (C=O) groups is 1. The Bertz CT molecular complexity index is 993. The van der Waals surface area contributed by atoms with E-state index in [0.717, 1.165) is 11.3 Å². The zero-order chi connectivity index (χ0) is 27.1. The molecule has 2 rings (SSSR count). The molecule has 0 spiro atoms. The van der Waals surface area contributed by atoms with Gasteiger partial charge in [0.05, 0.1) is 25.1 Å². The number of allylic oxidation sites excluding steroid dienone is 2. The molecular weight excluding hydrogens is 644 g/mol. The molecule has 37 heavy (non-hydrogen) atoms. The monoisotopic (exact) mass is 686 g/mol. The maximum absolute atomic E-state index is 12.6. The molecule has 3 N–H and O–H groups in total. The number of aliphatic hydroxyl groups excluding tert-OH is 1. The molecule has 0 bridgehead atoms. The maximum Gasteiger partial charge on any atom is 0.273 e. The van der Waals surface area contributed by atoms with Gasteiger partial charge < -0.3 is 25.2 Å². The minimum absolute atomic E-state index is 0. The van der Waals surface area contributed by atoms with E-state index in [-0.39, 0.29) is 39.5 Å². The second-order valence-electron chi connectivity index (χ2n) is 8.59. The number of aromatic nitrogens is 4. The first-order chi connectivity index (χ1) is 17.2. The van der Waals surface area contributed by atoms with Gasteiger partial charge in [-0.2, -0.15) is 10.2 Å². The van der Waals surface area contributed by atoms with E-state index in [1.807, 2.05) is 19.9 Å². The Hall–Kier alpha value is -2.55. The van der Waals surface area contributed by atoms with E-state index in [0.29, 0.717) is 42.4 Å². The van der Waals surface area contributed by atoms with Gasteiger partial charge in [-0.05, 0) is 37.0 Å². The quantitative estimate of drug-likeness (QED) is 0.274. The van der Waals surface area contributed by atoms with Crippen LogP contribution in [0.4, 0.5) is 0 Å². The van der Waals surface area contributed by atoms with E-state index in [9.17, 15) is 9.90 Å². The summed E-state index contributed by atoms with van der Waals surface area (Å²) < 4.78 is 12.5. The van der Waals surface area contributed by atoms with E-state index in [1.54, 1.807) is 39.5 Å². The molecule has 11 heteroatoms. The van der Waals surface area contributed by atoms with Crippen LogP contribution < -0.4 is 15.4 Å². The number of aryl methyl sites for hydroxylation is 1. The van der Waals surface area contributed by atoms with Crippen molar-refractivity contribution in [3.05, 3.63) is 59.3 Å². The van der Waals surface area contributed by atoms with Gasteiger partial charge in [0.1, 0.15) is 11.8 Å². The first kappa shape index (κ1) is 34.4. The van der Waals surface area contributed by atoms with Crippen LogP contribution in [0.3, 0.4) is 0 Å². The predicted molar refractivity (Wildman–Crippen MR) is 140 cm³/mol. The van der Waals surface area contributed by atoms with Crippen molar-refractivity contribution >= 4 is 5.91 Å². The Morgan fingerprint density at radius 3 is 2.57 bits per heavy atom. The van der Waals surface area contributed by atoms with Crippen molar-refractivity contribution < 1.29 is 40.4 Å². The standard InChI is InChI=1S/C23H34N6O4.C3H8.W/c1-15(2)20-9-10-25-27-23(20)33-19(13-30)8-7-17(24-4)11-16(3)26-22(31)21-12-18(14-32-6)28-29(21)5;1-3-2;/h9-12,15,19,24,30H,3,7-8,13-14H2,1-2,4-6H3,(H,26,31);3H2,1-2H3;/b17-11-;;. The molecular formula is C26H42N6O4W. The summed E-state index contributed by atoms with van der Waals surface area (Å²) in [5, 5.41) is 27.9. The Balaban J connectivity index is 0.00000308. The first-order valence-corrected chi connectivity index (χ1v) is 12.2. The fourth-order valence-electron chi connectivity index (χ4n) is 3.20. The molecule has 2 aromatic heterocycles. The molecule has 10 nitrogen and oxygen atoms in total. The zero-order valence-corrected chi connectivity index (χ0v) is 26.0. The van der Waals surface area contributed by atoms with Gasteiger partial charge in [0.25, 0.3) is 5.91 Å². The van der Waals surface area contributed by atoms with Gasteiger partial charge >= 0.3 is 0 Å². The van der Waals surface area contributed by atoms with E-state index in [1.165, 1.54) is 11.1 Å². The molecule has 0 saturated carbocycles. The number of nitrogens with zero attached hydrogens (tertiary/aromatic N) is 4. The van der Waals surface area contributed by atoms with Gasteiger partial charge in [0.2, 0.25) is 5.88 Å². The van der Waals surface area contributed by atoms with Crippen LogP contribution in [0, 0.1) is 0 Å². The van der Waals surface area contributed by atoms with Crippen molar-refractivity contribution in [1.82, 2.24) is 30.6 Å². The van der Waals surface area contributed by atoms with Crippen molar-refractivity contribution in [2.75, 3.05) is 20.8 Å². The third-order valence-corrected chi connectivity index (χ3v) is 4.95. The van der Waals surface area contributed by atoms with Crippen LogP contribution in [0.25, 0.3) is 0 Å². The third kappa shape index (κ3) is 12.0. The van der Waals surface area contributed by atoms with E-state index in [2.05, 4.69) is 46.4 Å². The van der Waals surface area contributed by atoms with Crippen LogP contribution in [0.5, 0.6) is 5.88 Å². The minimum atomic E-state index is -0.451. The Labute approximate surface area is 235 Å². The Kier molecular flexibility index (Phi) is 17.4. The van der Waals surface area contributed by atoms with Crippen molar-refractivity contribution in [2.24, 2.45) is 7.05 Å². The molecule has 0 aromatic carbocycles. The maximum atomic E-state index is 12.6. The molecule has 0 saturated heterocycles. The van der Waals surface area contributed by atoms with Crippen molar-refractivity contribution in [3.8, 4) is 5.88 Å². The molecule has 1 atom stereocenters. The predicted octanol–water partition coefficient (Wildman–Crippen LogP) is 3.46. The topological polar surface area (TPSA) is 123 Å². The summed E-state index contributed by atoms with van der Waals surface area (Å²) >= 11 is 0. The molecule has 0 aliphatic rings. The number of methoxy groups -OCH3 is 1. The van der Waals surface area contributed by atoms with Crippen LogP contribution in [0.15, 0.2) is 42.4 Å². The molecule has 0 aliphatic heterocycles. The van der Waals surface area contributed by atoms with Crippen molar-refractivity contribution in [3.63, 3.8) is 0 Å². The number of carbonyl (C=O) groups excluding carboxylic acids is 1. The SMILES string of the molecule is C=C(/C=C(/CCC(CO)Oc1nnccc1C(C)C)NC)NC(=O)c1cc(COC)nn1C.CCC.[W]. The normalized spacial score (nSPS) is 11.6. The summed E-state index contributed by atoms with van der Waals surface area (Å²) in [6.07, 6.45) is 5.27. The summed E-state index contributed by atoms with van der Waals surface area (Å²) in [7, 11) is 5.05. The second-order valence-corrected chi connectivity index (χ2v) is 8.59. The van der Waals surface area contributed by atoms with Gasteiger partial charge in [0, 0.05) is 59.2 Å².